The number of benzene rings is 1. The normalized spacial score (nSPS) is 12.9. The molecule has 0 saturated heterocycles. The number of rotatable bonds is 6. The highest BCUT2D eigenvalue weighted by atomic mass is 16.5. The zero-order valence-corrected chi connectivity index (χ0v) is 14.4. The zero-order valence-electron chi connectivity index (χ0n) is 14.4. The number of hydrogen-bond acceptors (Lipinski definition) is 6. The molecule has 0 spiro atoms. The first-order chi connectivity index (χ1) is 12.2. The average Bonchev–Trinajstić information content (AvgIpc) is 3.24. The SMILES string of the molecule is COc1ccc(/C=N\NC(=O)c2n[nH]c3c2CCC3)c(OC)c1OC. The van der Waals surface area contributed by atoms with Crippen molar-refractivity contribution >= 4 is 12.1 Å². The van der Waals surface area contributed by atoms with E-state index in [1.807, 2.05) is 0 Å². The highest BCUT2D eigenvalue weighted by molar-refractivity contribution is 5.95. The van der Waals surface area contributed by atoms with Crippen LogP contribution in [0.15, 0.2) is 17.2 Å². The van der Waals surface area contributed by atoms with Crippen LogP contribution in [0.4, 0.5) is 0 Å². The lowest BCUT2D eigenvalue weighted by Gasteiger charge is -2.13. The summed E-state index contributed by atoms with van der Waals surface area (Å²) in [5, 5.41) is 11.0. The minimum Gasteiger partial charge on any atom is -0.493 e. The summed E-state index contributed by atoms with van der Waals surface area (Å²) in [4.78, 5) is 12.3. The minimum atomic E-state index is -0.338. The van der Waals surface area contributed by atoms with E-state index in [9.17, 15) is 4.79 Å². The quantitative estimate of drug-likeness (QED) is 0.614. The van der Waals surface area contributed by atoms with Gasteiger partial charge in [0.1, 0.15) is 0 Å². The Kier molecular flexibility index (Phi) is 4.87. The van der Waals surface area contributed by atoms with Crippen LogP contribution in [0.3, 0.4) is 0 Å². The van der Waals surface area contributed by atoms with Crippen LogP contribution >= 0.6 is 0 Å². The Morgan fingerprint density at radius 1 is 1.20 bits per heavy atom. The summed E-state index contributed by atoms with van der Waals surface area (Å²) < 4.78 is 15.9. The van der Waals surface area contributed by atoms with Crippen molar-refractivity contribution in [3.05, 3.63) is 34.6 Å². The molecule has 2 N–H and O–H groups in total. The molecule has 0 unspecified atom stereocenters. The molecule has 0 radical (unpaired) electrons. The average molecular weight is 344 g/mol. The van der Waals surface area contributed by atoms with Gasteiger partial charge in [0.25, 0.3) is 5.91 Å². The number of aryl methyl sites for hydroxylation is 1. The molecule has 1 heterocycles. The third kappa shape index (κ3) is 3.15. The molecule has 1 amide bonds. The first kappa shape index (κ1) is 16.8. The number of amides is 1. The second-order valence-corrected chi connectivity index (χ2v) is 5.51. The molecule has 0 aliphatic heterocycles. The summed E-state index contributed by atoms with van der Waals surface area (Å²) in [6.07, 6.45) is 4.32. The Labute approximate surface area is 145 Å². The topological polar surface area (TPSA) is 97.8 Å². The van der Waals surface area contributed by atoms with E-state index < -0.39 is 0 Å². The van der Waals surface area contributed by atoms with Gasteiger partial charge in [-0.2, -0.15) is 10.2 Å². The van der Waals surface area contributed by atoms with Gasteiger partial charge in [-0.3, -0.25) is 9.89 Å². The van der Waals surface area contributed by atoms with Crippen LogP contribution in [0, 0.1) is 0 Å². The number of hydrogen-bond donors (Lipinski definition) is 2. The molecule has 1 aromatic heterocycles. The molecule has 132 valence electrons. The van der Waals surface area contributed by atoms with Crippen molar-refractivity contribution in [3.63, 3.8) is 0 Å². The maximum atomic E-state index is 12.3. The number of fused-ring (bicyclic) bond motifs is 1. The molecule has 2 aromatic rings. The van der Waals surface area contributed by atoms with E-state index >= 15 is 0 Å². The van der Waals surface area contributed by atoms with Gasteiger partial charge in [-0.05, 0) is 31.4 Å². The molecule has 1 aliphatic rings. The fraction of sp³-hybridized carbons (Fsp3) is 0.353. The Balaban J connectivity index is 1.77. The van der Waals surface area contributed by atoms with Crippen molar-refractivity contribution in [1.82, 2.24) is 15.6 Å². The van der Waals surface area contributed by atoms with E-state index in [4.69, 9.17) is 14.2 Å². The smallest absolute Gasteiger partial charge is 0.292 e. The number of nitrogens with one attached hydrogen (secondary N) is 2. The summed E-state index contributed by atoms with van der Waals surface area (Å²) in [7, 11) is 4.61. The molecular formula is C17H20N4O4. The minimum absolute atomic E-state index is 0.338. The number of aromatic amines is 1. The molecule has 25 heavy (non-hydrogen) atoms. The summed E-state index contributed by atoms with van der Waals surface area (Å²) >= 11 is 0. The number of methoxy groups -OCH3 is 3. The number of carbonyl (C=O) groups excluding carboxylic acids is 1. The van der Waals surface area contributed by atoms with E-state index in [1.54, 1.807) is 19.2 Å². The molecule has 0 atom stereocenters. The highest BCUT2D eigenvalue weighted by Gasteiger charge is 2.22. The predicted octanol–water partition coefficient (Wildman–Crippen LogP) is 1.69. The molecule has 1 aliphatic carbocycles. The van der Waals surface area contributed by atoms with Gasteiger partial charge >= 0.3 is 0 Å². The maximum Gasteiger partial charge on any atom is 0.292 e. The van der Waals surface area contributed by atoms with Crippen molar-refractivity contribution in [2.45, 2.75) is 19.3 Å². The second-order valence-electron chi connectivity index (χ2n) is 5.51. The van der Waals surface area contributed by atoms with E-state index in [0.717, 1.165) is 30.5 Å². The molecule has 0 bridgehead atoms. The monoisotopic (exact) mass is 344 g/mol. The first-order valence-corrected chi connectivity index (χ1v) is 7.88. The predicted molar refractivity (Wildman–Crippen MR) is 91.8 cm³/mol. The van der Waals surface area contributed by atoms with Gasteiger partial charge < -0.3 is 14.2 Å². The van der Waals surface area contributed by atoms with Crippen molar-refractivity contribution in [3.8, 4) is 17.2 Å². The van der Waals surface area contributed by atoms with E-state index in [0.29, 0.717) is 28.5 Å². The molecule has 0 saturated carbocycles. The third-order valence-corrected chi connectivity index (χ3v) is 4.13. The van der Waals surface area contributed by atoms with Crippen LogP contribution in [0.5, 0.6) is 17.2 Å². The van der Waals surface area contributed by atoms with Crippen LogP contribution in [0.2, 0.25) is 0 Å². The van der Waals surface area contributed by atoms with E-state index in [2.05, 4.69) is 20.7 Å². The Morgan fingerprint density at radius 3 is 2.72 bits per heavy atom. The van der Waals surface area contributed by atoms with Gasteiger partial charge in [0, 0.05) is 16.8 Å². The molecule has 3 rings (SSSR count). The highest BCUT2D eigenvalue weighted by Crippen LogP contribution is 2.38. The molecule has 0 fully saturated rings. The summed E-state index contributed by atoms with van der Waals surface area (Å²) in [6, 6.07) is 3.51. The summed E-state index contributed by atoms with van der Waals surface area (Å²) in [6.45, 7) is 0. The van der Waals surface area contributed by atoms with Gasteiger partial charge in [0.2, 0.25) is 5.75 Å². The molecule has 1 aromatic carbocycles. The fourth-order valence-corrected chi connectivity index (χ4v) is 2.95. The van der Waals surface area contributed by atoms with Gasteiger partial charge in [-0.25, -0.2) is 5.43 Å². The Hall–Kier alpha value is -3.03. The number of aromatic nitrogens is 2. The Bertz CT molecular complexity index is 813. The third-order valence-electron chi connectivity index (χ3n) is 4.13. The largest absolute Gasteiger partial charge is 0.493 e. The van der Waals surface area contributed by atoms with Crippen molar-refractivity contribution in [2.75, 3.05) is 21.3 Å². The molecular weight excluding hydrogens is 324 g/mol. The number of nitrogens with zero attached hydrogens (tertiary/aromatic N) is 2. The lowest BCUT2D eigenvalue weighted by molar-refractivity contribution is 0.0949. The first-order valence-electron chi connectivity index (χ1n) is 7.88. The lowest BCUT2D eigenvalue weighted by Crippen LogP contribution is -2.19. The second kappa shape index (κ2) is 7.25. The fourth-order valence-electron chi connectivity index (χ4n) is 2.95. The summed E-state index contributed by atoms with van der Waals surface area (Å²) in [5.41, 5.74) is 5.57. The van der Waals surface area contributed by atoms with Gasteiger partial charge in [0.15, 0.2) is 17.2 Å². The Morgan fingerprint density at radius 2 is 2.00 bits per heavy atom. The molecule has 8 nitrogen and oxygen atoms in total. The lowest BCUT2D eigenvalue weighted by atomic mass is 10.2. The van der Waals surface area contributed by atoms with Gasteiger partial charge in [0.05, 0.1) is 27.5 Å². The number of ether oxygens (including phenoxy) is 3. The van der Waals surface area contributed by atoms with Crippen LogP contribution in [0.25, 0.3) is 0 Å². The van der Waals surface area contributed by atoms with Gasteiger partial charge in [-0.15, -0.1) is 0 Å². The maximum absolute atomic E-state index is 12.3. The van der Waals surface area contributed by atoms with Crippen molar-refractivity contribution < 1.29 is 19.0 Å². The number of hydrazone groups is 1. The standard InChI is InChI=1S/C17H20N4O4/c1-23-13-8-7-10(15(24-2)16(13)25-3)9-18-21-17(22)14-11-5-4-6-12(11)19-20-14/h7-9H,4-6H2,1-3H3,(H,19,20)(H,21,22)/b18-9-. The van der Waals surface area contributed by atoms with Crippen molar-refractivity contribution in [2.24, 2.45) is 5.10 Å². The van der Waals surface area contributed by atoms with Crippen molar-refractivity contribution in [1.29, 1.82) is 0 Å². The summed E-state index contributed by atoms with van der Waals surface area (Å²) in [5.74, 6) is 1.15. The van der Waals surface area contributed by atoms with E-state index in [-0.39, 0.29) is 5.91 Å². The van der Waals surface area contributed by atoms with Crippen LogP contribution < -0.4 is 19.6 Å². The van der Waals surface area contributed by atoms with Gasteiger partial charge in [-0.1, -0.05) is 0 Å². The number of carbonyl (C=O) groups is 1. The van der Waals surface area contributed by atoms with Crippen LogP contribution in [-0.2, 0) is 12.8 Å². The number of H-pyrrole nitrogens is 1. The zero-order chi connectivity index (χ0) is 17.8. The van der Waals surface area contributed by atoms with E-state index in [1.165, 1.54) is 20.4 Å². The van der Waals surface area contributed by atoms with Crippen LogP contribution in [0.1, 0.15) is 33.7 Å². The molecule has 8 heteroatoms. The van der Waals surface area contributed by atoms with Crippen LogP contribution in [-0.4, -0.2) is 43.6 Å².